The zero-order valence-electron chi connectivity index (χ0n) is 11.9. The van der Waals surface area contributed by atoms with Gasteiger partial charge in [0, 0.05) is 12.6 Å². The van der Waals surface area contributed by atoms with Crippen LogP contribution in [-0.4, -0.2) is 42.0 Å². The highest BCUT2D eigenvalue weighted by atomic mass is 16.5. The topological polar surface area (TPSA) is 88.2 Å². The van der Waals surface area contributed by atoms with E-state index in [1.54, 1.807) is 31.3 Å². The van der Waals surface area contributed by atoms with Crippen LogP contribution in [0.15, 0.2) is 29.4 Å². The van der Waals surface area contributed by atoms with Crippen molar-refractivity contribution in [1.82, 2.24) is 4.90 Å². The van der Waals surface area contributed by atoms with E-state index in [0.717, 1.165) is 18.6 Å². The molecule has 0 aliphatic carbocycles. The Morgan fingerprint density at radius 2 is 2.05 bits per heavy atom. The number of hydrogen-bond donors (Lipinski definition) is 2. The summed E-state index contributed by atoms with van der Waals surface area (Å²) in [5.41, 5.74) is 5.90. The summed E-state index contributed by atoms with van der Waals surface area (Å²) in [6.45, 7) is 2.85. The number of nitrogens with two attached hydrogens (primary N) is 1. The van der Waals surface area contributed by atoms with Gasteiger partial charge in [0.1, 0.15) is 5.75 Å². The molecule has 0 aliphatic heterocycles. The van der Waals surface area contributed by atoms with Gasteiger partial charge in [0.2, 0.25) is 0 Å². The lowest BCUT2D eigenvalue weighted by molar-refractivity contribution is 0.0813. The second-order valence-corrected chi connectivity index (χ2v) is 4.48. The van der Waals surface area contributed by atoms with Gasteiger partial charge in [-0.3, -0.25) is 4.79 Å². The molecule has 1 amide bonds. The van der Waals surface area contributed by atoms with Crippen LogP contribution in [0.25, 0.3) is 0 Å². The predicted octanol–water partition coefficient (Wildman–Crippen LogP) is 1.68. The Morgan fingerprint density at radius 3 is 2.60 bits per heavy atom. The van der Waals surface area contributed by atoms with Crippen LogP contribution in [-0.2, 0) is 0 Å². The minimum atomic E-state index is -0.197. The third-order valence-electron chi connectivity index (χ3n) is 2.74. The van der Waals surface area contributed by atoms with Crippen LogP contribution in [0, 0.1) is 0 Å². The van der Waals surface area contributed by atoms with Gasteiger partial charge in [0.05, 0.1) is 13.2 Å². The quantitative estimate of drug-likeness (QED) is 0.261. The average Bonchev–Trinajstić information content (AvgIpc) is 2.47. The molecular weight excluding hydrogens is 258 g/mol. The highest BCUT2D eigenvalue weighted by Crippen LogP contribution is 2.13. The number of likely N-dealkylation sites (N-methyl/N-ethyl adjacent to an activating group) is 1. The number of carbonyl (C=O) groups is 1. The molecule has 0 radical (unpaired) electrons. The largest absolute Gasteiger partial charge is 0.494 e. The first kappa shape index (κ1) is 15.8. The van der Waals surface area contributed by atoms with E-state index in [0.29, 0.717) is 12.2 Å². The van der Waals surface area contributed by atoms with Gasteiger partial charge in [-0.05, 0) is 30.7 Å². The normalized spacial score (nSPS) is 11.2. The zero-order chi connectivity index (χ0) is 15.0. The molecular formula is C14H21N3O3. The van der Waals surface area contributed by atoms with E-state index in [4.69, 9.17) is 15.7 Å². The highest BCUT2D eigenvalue weighted by Gasteiger charge is 2.12. The summed E-state index contributed by atoms with van der Waals surface area (Å²) in [4.78, 5) is 13.4. The Labute approximate surface area is 118 Å². The lowest BCUT2D eigenvalue weighted by atomic mass is 10.2. The summed E-state index contributed by atoms with van der Waals surface area (Å²) in [5.74, 6) is 0.533. The number of ether oxygens (including phenoxy) is 1. The van der Waals surface area contributed by atoms with Crippen LogP contribution >= 0.6 is 0 Å². The number of rotatable bonds is 7. The molecule has 3 N–H and O–H groups in total. The molecule has 20 heavy (non-hydrogen) atoms. The minimum Gasteiger partial charge on any atom is -0.494 e. The van der Waals surface area contributed by atoms with Crippen molar-refractivity contribution in [2.24, 2.45) is 10.9 Å². The molecule has 0 heterocycles. The molecule has 110 valence electrons. The van der Waals surface area contributed by atoms with E-state index < -0.39 is 0 Å². The van der Waals surface area contributed by atoms with Crippen molar-refractivity contribution >= 4 is 11.7 Å². The fraction of sp³-hybridized carbons (Fsp3) is 0.429. The van der Waals surface area contributed by atoms with E-state index in [1.165, 1.54) is 4.90 Å². The van der Waals surface area contributed by atoms with Gasteiger partial charge < -0.3 is 20.6 Å². The third-order valence-corrected chi connectivity index (χ3v) is 2.74. The van der Waals surface area contributed by atoms with Crippen molar-refractivity contribution in [2.75, 3.05) is 20.2 Å². The van der Waals surface area contributed by atoms with Crippen LogP contribution in [0.1, 0.15) is 30.1 Å². The lowest BCUT2D eigenvalue weighted by Crippen LogP contribution is -2.35. The van der Waals surface area contributed by atoms with Crippen molar-refractivity contribution in [3.05, 3.63) is 29.8 Å². The van der Waals surface area contributed by atoms with Gasteiger partial charge in [-0.25, -0.2) is 0 Å². The van der Waals surface area contributed by atoms with Crippen LogP contribution in [0.2, 0.25) is 0 Å². The van der Waals surface area contributed by atoms with Crippen LogP contribution in [0.3, 0.4) is 0 Å². The van der Waals surface area contributed by atoms with Gasteiger partial charge in [0.25, 0.3) is 5.91 Å². The Balaban J connectivity index is 2.61. The second-order valence-electron chi connectivity index (χ2n) is 4.48. The number of carbonyl (C=O) groups excluding carboxylic acids is 1. The maximum atomic E-state index is 12.1. The first-order valence-electron chi connectivity index (χ1n) is 6.53. The molecule has 0 saturated carbocycles. The second kappa shape index (κ2) is 8.04. The number of amides is 1. The molecule has 0 atom stereocenters. The Morgan fingerprint density at radius 1 is 1.40 bits per heavy atom. The number of amidine groups is 1. The molecule has 6 heteroatoms. The van der Waals surface area contributed by atoms with E-state index in [2.05, 4.69) is 12.1 Å². The van der Waals surface area contributed by atoms with E-state index >= 15 is 0 Å². The molecule has 0 saturated heterocycles. The SMILES string of the molecule is CCCCOc1ccc(C(=O)N(C)CC(N)=NO)cc1. The fourth-order valence-electron chi connectivity index (χ4n) is 1.59. The predicted molar refractivity (Wildman–Crippen MR) is 77.2 cm³/mol. The zero-order valence-corrected chi connectivity index (χ0v) is 11.9. The minimum absolute atomic E-state index is 0.0135. The number of oxime groups is 1. The number of hydrogen-bond acceptors (Lipinski definition) is 4. The van der Waals surface area contributed by atoms with Gasteiger partial charge >= 0.3 is 0 Å². The van der Waals surface area contributed by atoms with E-state index in [1.807, 2.05) is 0 Å². The molecule has 0 aromatic heterocycles. The maximum Gasteiger partial charge on any atom is 0.254 e. The summed E-state index contributed by atoms with van der Waals surface area (Å²) >= 11 is 0. The number of benzene rings is 1. The molecule has 0 fully saturated rings. The first-order chi connectivity index (χ1) is 9.58. The molecule has 1 aromatic rings. The maximum absolute atomic E-state index is 12.1. The van der Waals surface area contributed by atoms with Crippen molar-refractivity contribution in [1.29, 1.82) is 0 Å². The molecule has 0 bridgehead atoms. The third kappa shape index (κ3) is 4.79. The Kier molecular flexibility index (Phi) is 6.36. The number of nitrogens with zero attached hydrogens (tertiary/aromatic N) is 2. The molecule has 6 nitrogen and oxygen atoms in total. The smallest absolute Gasteiger partial charge is 0.254 e. The summed E-state index contributed by atoms with van der Waals surface area (Å²) in [6, 6.07) is 6.93. The summed E-state index contributed by atoms with van der Waals surface area (Å²) in [7, 11) is 1.59. The van der Waals surface area contributed by atoms with Crippen molar-refractivity contribution in [3.63, 3.8) is 0 Å². The Hall–Kier alpha value is -2.24. The van der Waals surface area contributed by atoms with E-state index in [-0.39, 0.29) is 18.3 Å². The Bertz CT molecular complexity index is 457. The van der Waals surface area contributed by atoms with Gasteiger partial charge in [-0.15, -0.1) is 0 Å². The first-order valence-corrected chi connectivity index (χ1v) is 6.53. The van der Waals surface area contributed by atoms with Gasteiger partial charge in [-0.2, -0.15) is 0 Å². The van der Waals surface area contributed by atoms with Gasteiger partial charge in [0.15, 0.2) is 5.84 Å². The lowest BCUT2D eigenvalue weighted by Gasteiger charge is -2.16. The molecule has 1 rings (SSSR count). The van der Waals surface area contributed by atoms with Crippen molar-refractivity contribution < 1.29 is 14.7 Å². The van der Waals surface area contributed by atoms with E-state index in [9.17, 15) is 4.79 Å². The average molecular weight is 279 g/mol. The fourth-order valence-corrected chi connectivity index (χ4v) is 1.59. The van der Waals surface area contributed by atoms with Gasteiger partial charge in [-0.1, -0.05) is 18.5 Å². The monoisotopic (exact) mass is 279 g/mol. The summed E-state index contributed by atoms with van der Waals surface area (Å²) in [6.07, 6.45) is 2.08. The number of unbranched alkanes of at least 4 members (excludes halogenated alkanes) is 1. The van der Waals surface area contributed by atoms with Crippen LogP contribution < -0.4 is 10.5 Å². The standard InChI is InChI=1S/C14H21N3O3/c1-3-4-9-20-12-7-5-11(6-8-12)14(18)17(2)10-13(15)16-19/h5-8,19H,3-4,9-10H2,1-2H3,(H2,15,16). The molecule has 1 aromatic carbocycles. The molecule has 0 aliphatic rings. The van der Waals surface area contributed by atoms with Crippen molar-refractivity contribution in [3.8, 4) is 5.75 Å². The summed E-state index contributed by atoms with van der Waals surface area (Å²) in [5, 5.41) is 11.3. The molecule has 0 unspecified atom stereocenters. The van der Waals surface area contributed by atoms with Crippen LogP contribution in [0.5, 0.6) is 5.75 Å². The van der Waals surface area contributed by atoms with Crippen LogP contribution in [0.4, 0.5) is 0 Å². The highest BCUT2D eigenvalue weighted by molar-refractivity contribution is 5.96. The van der Waals surface area contributed by atoms with Crippen molar-refractivity contribution in [2.45, 2.75) is 19.8 Å². The molecule has 0 spiro atoms. The summed E-state index contributed by atoms with van der Waals surface area (Å²) < 4.78 is 5.53.